The first-order valence-electron chi connectivity index (χ1n) is 9.15. The van der Waals surface area contributed by atoms with E-state index in [9.17, 15) is 14.0 Å². The summed E-state index contributed by atoms with van der Waals surface area (Å²) in [5, 5.41) is 5.10. The average Bonchev–Trinajstić information content (AvgIpc) is 2.66. The Morgan fingerprint density at radius 3 is 2.43 bits per heavy atom. The van der Waals surface area contributed by atoms with Crippen LogP contribution in [0.1, 0.15) is 31.1 Å². The number of carbonyl (C=O) groups is 2. The van der Waals surface area contributed by atoms with Crippen molar-refractivity contribution in [3.05, 3.63) is 60.4 Å². The number of benzene rings is 2. The molecule has 8 heteroatoms. The van der Waals surface area contributed by atoms with Crippen molar-refractivity contribution in [3.8, 4) is 11.5 Å². The Balaban J connectivity index is 2.23. The van der Waals surface area contributed by atoms with Gasteiger partial charge in [-0.3, -0.25) is 10.1 Å². The van der Waals surface area contributed by atoms with Crippen molar-refractivity contribution >= 4 is 23.4 Å². The summed E-state index contributed by atoms with van der Waals surface area (Å²) in [6.45, 7) is 9.02. The van der Waals surface area contributed by atoms with Crippen molar-refractivity contribution in [2.75, 3.05) is 24.4 Å². The molecule has 0 fully saturated rings. The Hall–Kier alpha value is -3.55. The molecule has 2 rings (SSSR count). The number of hydrogen-bond donors (Lipinski definition) is 2. The van der Waals surface area contributed by atoms with E-state index in [-0.39, 0.29) is 23.5 Å². The van der Waals surface area contributed by atoms with Crippen molar-refractivity contribution in [2.45, 2.75) is 26.4 Å². The second kappa shape index (κ2) is 9.78. The van der Waals surface area contributed by atoms with Gasteiger partial charge in [-0.1, -0.05) is 12.7 Å². The van der Waals surface area contributed by atoms with E-state index in [1.807, 2.05) is 0 Å². The normalized spacial score (nSPS) is 10.7. The van der Waals surface area contributed by atoms with E-state index in [0.717, 1.165) is 12.1 Å². The van der Waals surface area contributed by atoms with Crippen molar-refractivity contribution in [1.82, 2.24) is 0 Å². The molecule has 2 amide bonds. The van der Waals surface area contributed by atoms with Gasteiger partial charge in [-0.15, -0.1) is 0 Å². The predicted molar refractivity (Wildman–Crippen MR) is 113 cm³/mol. The summed E-state index contributed by atoms with van der Waals surface area (Å²) in [5.41, 5.74) is -0.182. The Bertz CT molecular complexity index is 938. The molecule has 160 valence electrons. The van der Waals surface area contributed by atoms with Crippen LogP contribution in [0.2, 0.25) is 0 Å². The topological polar surface area (TPSA) is 85.9 Å². The van der Waals surface area contributed by atoms with Crippen LogP contribution in [0.3, 0.4) is 0 Å². The fraction of sp³-hybridized carbons (Fsp3) is 0.273. The van der Waals surface area contributed by atoms with Crippen LogP contribution in [0.25, 0.3) is 0 Å². The van der Waals surface area contributed by atoms with E-state index >= 15 is 0 Å². The lowest BCUT2D eigenvalue weighted by atomic mass is 10.1. The number of anilines is 2. The van der Waals surface area contributed by atoms with Crippen LogP contribution in [0.15, 0.2) is 49.1 Å². The van der Waals surface area contributed by atoms with Gasteiger partial charge in [-0.2, -0.15) is 0 Å². The van der Waals surface area contributed by atoms with Gasteiger partial charge >= 0.3 is 6.09 Å². The Morgan fingerprint density at radius 1 is 1.07 bits per heavy atom. The number of nitrogens with one attached hydrogen (secondary N) is 2. The molecule has 7 nitrogen and oxygen atoms in total. The maximum absolute atomic E-state index is 13.8. The van der Waals surface area contributed by atoms with Gasteiger partial charge in [0.15, 0.2) is 11.5 Å². The molecule has 0 radical (unpaired) electrons. The van der Waals surface area contributed by atoms with Crippen LogP contribution < -0.4 is 20.1 Å². The molecule has 0 saturated heterocycles. The van der Waals surface area contributed by atoms with E-state index in [2.05, 4.69) is 17.2 Å². The summed E-state index contributed by atoms with van der Waals surface area (Å²) in [6.07, 6.45) is 0.860. The Kier molecular flexibility index (Phi) is 7.41. The van der Waals surface area contributed by atoms with E-state index in [1.165, 1.54) is 25.3 Å². The van der Waals surface area contributed by atoms with Crippen LogP contribution in [0.4, 0.5) is 20.6 Å². The van der Waals surface area contributed by atoms with Gasteiger partial charge in [-0.05, 0) is 57.2 Å². The number of hydrogen-bond acceptors (Lipinski definition) is 5. The van der Waals surface area contributed by atoms with Crippen LogP contribution in [-0.2, 0) is 4.74 Å². The van der Waals surface area contributed by atoms with Gasteiger partial charge in [0.2, 0.25) is 0 Å². The molecule has 0 bridgehead atoms. The lowest BCUT2D eigenvalue weighted by molar-refractivity contribution is 0.0635. The zero-order chi connectivity index (χ0) is 22.3. The fourth-order valence-corrected chi connectivity index (χ4v) is 2.41. The smallest absolute Gasteiger partial charge is 0.412 e. The van der Waals surface area contributed by atoms with E-state index < -0.39 is 23.4 Å². The van der Waals surface area contributed by atoms with Gasteiger partial charge in [0.1, 0.15) is 18.0 Å². The highest BCUT2D eigenvalue weighted by Crippen LogP contribution is 2.29. The van der Waals surface area contributed by atoms with Gasteiger partial charge in [-0.25, -0.2) is 9.18 Å². The summed E-state index contributed by atoms with van der Waals surface area (Å²) >= 11 is 0. The van der Waals surface area contributed by atoms with E-state index in [4.69, 9.17) is 14.2 Å². The molecule has 30 heavy (non-hydrogen) atoms. The average molecular weight is 416 g/mol. The molecule has 0 aromatic heterocycles. The van der Waals surface area contributed by atoms with Crippen molar-refractivity contribution in [2.24, 2.45) is 0 Å². The summed E-state index contributed by atoms with van der Waals surface area (Å²) in [6, 6.07) is 8.22. The molecular weight excluding hydrogens is 391 g/mol. The standard InChI is InChI=1S/C22H25FN2O5/c1-6-11-29-18-10-7-14(12-19(18)28-5)20(26)24-17-13-15(23)8-9-16(17)25-21(27)30-22(2,3)4/h6-10,12-13H,1,11H2,2-5H3,(H,24,26)(H,25,27). The Morgan fingerprint density at radius 2 is 1.80 bits per heavy atom. The first-order valence-corrected chi connectivity index (χ1v) is 9.15. The first-order chi connectivity index (χ1) is 14.1. The molecule has 0 aliphatic heterocycles. The lowest BCUT2D eigenvalue weighted by Gasteiger charge is -2.20. The van der Waals surface area contributed by atoms with Crippen LogP contribution in [0.5, 0.6) is 11.5 Å². The third-order valence-corrected chi connectivity index (χ3v) is 3.65. The van der Waals surface area contributed by atoms with Crippen LogP contribution in [-0.4, -0.2) is 31.3 Å². The number of amides is 2. The first kappa shape index (κ1) is 22.7. The lowest BCUT2D eigenvalue weighted by Crippen LogP contribution is -2.27. The minimum atomic E-state index is -0.727. The zero-order valence-corrected chi connectivity index (χ0v) is 17.4. The number of halogens is 1. The van der Waals surface area contributed by atoms with Crippen LogP contribution in [0, 0.1) is 5.82 Å². The van der Waals surface area contributed by atoms with Crippen molar-refractivity contribution in [3.63, 3.8) is 0 Å². The molecule has 0 aliphatic rings. The van der Waals surface area contributed by atoms with Gasteiger partial charge < -0.3 is 19.5 Å². The summed E-state index contributed by atoms with van der Waals surface area (Å²) in [4.78, 5) is 24.7. The largest absolute Gasteiger partial charge is 0.493 e. The molecule has 2 aromatic carbocycles. The number of ether oxygens (including phenoxy) is 3. The fourth-order valence-electron chi connectivity index (χ4n) is 2.41. The maximum atomic E-state index is 13.8. The van der Waals surface area contributed by atoms with Gasteiger partial charge in [0.25, 0.3) is 5.91 Å². The van der Waals surface area contributed by atoms with Gasteiger partial charge in [0, 0.05) is 5.56 Å². The molecule has 0 atom stereocenters. The molecule has 0 aliphatic carbocycles. The summed E-state index contributed by atoms with van der Waals surface area (Å²) < 4.78 is 29.7. The Labute approximate surface area is 174 Å². The molecular formula is C22H25FN2O5. The SMILES string of the molecule is C=CCOc1ccc(C(=O)Nc2cc(F)ccc2NC(=O)OC(C)(C)C)cc1OC. The highest BCUT2D eigenvalue weighted by molar-refractivity contribution is 6.07. The number of carbonyl (C=O) groups excluding carboxylic acids is 2. The number of methoxy groups -OCH3 is 1. The quantitative estimate of drug-likeness (QED) is 0.621. The highest BCUT2D eigenvalue weighted by atomic mass is 19.1. The molecule has 0 heterocycles. The number of rotatable bonds is 7. The molecule has 0 spiro atoms. The molecule has 0 saturated carbocycles. The molecule has 2 aromatic rings. The third-order valence-electron chi connectivity index (χ3n) is 3.65. The molecule has 0 unspecified atom stereocenters. The minimum Gasteiger partial charge on any atom is -0.493 e. The monoisotopic (exact) mass is 416 g/mol. The van der Waals surface area contributed by atoms with Crippen molar-refractivity contribution in [1.29, 1.82) is 0 Å². The van der Waals surface area contributed by atoms with Crippen molar-refractivity contribution < 1.29 is 28.2 Å². The second-order valence-corrected chi connectivity index (χ2v) is 7.24. The molecule has 2 N–H and O–H groups in total. The van der Waals surface area contributed by atoms with E-state index in [0.29, 0.717) is 11.5 Å². The highest BCUT2D eigenvalue weighted by Gasteiger charge is 2.19. The zero-order valence-electron chi connectivity index (χ0n) is 17.4. The third kappa shape index (κ3) is 6.51. The van der Waals surface area contributed by atoms with Crippen LogP contribution >= 0.6 is 0 Å². The second-order valence-electron chi connectivity index (χ2n) is 7.24. The summed E-state index contributed by atoms with van der Waals surface area (Å²) in [7, 11) is 1.45. The predicted octanol–water partition coefficient (Wildman–Crippen LogP) is 5.00. The maximum Gasteiger partial charge on any atom is 0.412 e. The summed E-state index contributed by atoms with van der Waals surface area (Å²) in [5.74, 6) is -0.296. The minimum absolute atomic E-state index is 0.0804. The van der Waals surface area contributed by atoms with E-state index in [1.54, 1.807) is 32.9 Å². The van der Waals surface area contributed by atoms with Gasteiger partial charge in [0.05, 0.1) is 18.5 Å².